The molecule has 1 unspecified atom stereocenters. The Kier molecular flexibility index (Phi) is 6.15. The second-order valence-electron chi connectivity index (χ2n) is 4.85. The largest absolute Gasteiger partial charge is 0.417 e. The number of nitrogens with zero attached hydrogens (tertiary/aromatic N) is 1. The first kappa shape index (κ1) is 17.9. The van der Waals surface area contributed by atoms with Gasteiger partial charge in [-0.2, -0.15) is 13.2 Å². The predicted molar refractivity (Wildman–Crippen MR) is 74.6 cm³/mol. The first-order valence-electron chi connectivity index (χ1n) is 6.57. The molecule has 1 rings (SSSR count). The van der Waals surface area contributed by atoms with Gasteiger partial charge in [-0.3, -0.25) is 4.98 Å². The van der Waals surface area contributed by atoms with E-state index in [1.54, 1.807) is 0 Å². The summed E-state index contributed by atoms with van der Waals surface area (Å²) in [6, 6.07) is 2.07. The second-order valence-corrected chi connectivity index (χ2v) is 7.11. The Morgan fingerprint density at radius 3 is 2.43 bits per heavy atom. The van der Waals surface area contributed by atoms with Gasteiger partial charge in [0.15, 0.2) is 0 Å². The molecule has 0 bridgehead atoms. The van der Waals surface area contributed by atoms with Gasteiger partial charge in [-0.1, -0.05) is 6.92 Å². The molecule has 0 fully saturated rings. The molecule has 1 atom stereocenters. The van der Waals surface area contributed by atoms with Crippen LogP contribution in [-0.4, -0.2) is 32.0 Å². The number of hydrogen-bond donors (Lipinski definition) is 1. The highest BCUT2D eigenvalue weighted by molar-refractivity contribution is 7.90. The fourth-order valence-electron chi connectivity index (χ4n) is 1.93. The lowest BCUT2D eigenvalue weighted by molar-refractivity contribution is -0.137. The van der Waals surface area contributed by atoms with Gasteiger partial charge in [0, 0.05) is 24.2 Å². The van der Waals surface area contributed by atoms with Crippen LogP contribution in [0.1, 0.15) is 37.1 Å². The monoisotopic (exact) mass is 324 g/mol. The quantitative estimate of drug-likeness (QED) is 0.837. The number of nitrogens with one attached hydrogen (secondary N) is 1. The lowest BCUT2D eigenvalue weighted by Crippen LogP contribution is -2.23. The molecule has 0 radical (unpaired) electrons. The maximum Gasteiger partial charge on any atom is 0.417 e. The van der Waals surface area contributed by atoms with Crippen molar-refractivity contribution in [3.63, 3.8) is 0 Å². The highest BCUT2D eigenvalue weighted by Crippen LogP contribution is 2.29. The summed E-state index contributed by atoms with van der Waals surface area (Å²) in [5, 5.41) is 3.10. The first-order valence-corrected chi connectivity index (χ1v) is 8.64. The SMILES string of the molecule is CCNC(CCCS(C)(=O)=O)c1ccc(C(F)(F)F)cn1. The molecule has 0 aliphatic carbocycles. The minimum absolute atomic E-state index is 0.0511. The van der Waals surface area contributed by atoms with Gasteiger partial charge < -0.3 is 5.32 Å². The number of pyridine rings is 1. The van der Waals surface area contributed by atoms with E-state index in [2.05, 4.69) is 10.3 Å². The number of halogens is 3. The number of rotatable bonds is 7. The molecule has 1 aromatic rings. The van der Waals surface area contributed by atoms with E-state index in [9.17, 15) is 21.6 Å². The lowest BCUT2D eigenvalue weighted by atomic mass is 10.1. The standard InChI is InChI=1S/C13H19F3N2O2S/c1-3-17-11(5-4-8-21(2,19)20)12-7-6-10(9-18-12)13(14,15)16/h6-7,9,11,17H,3-5,8H2,1-2H3. The number of alkyl halides is 3. The zero-order valence-corrected chi connectivity index (χ0v) is 12.8. The molecule has 0 aliphatic heterocycles. The van der Waals surface area contributed by atoms with Gasteiger partial charge in [0.25, 0.3) is 0 Å². The van der Waals surface area contributed by atoms with E-state index in [0.717, 1.165) is 18.5 Å². The molecule has 1 heterocycles. The molecule has 0 saturated carbocycles. The van der Waals surface area contributed by atoms with Gasteiger partial charge >= 0.3 is 6.18 Å². The molecule has 0 spiro atoms. The van der Waals surface area contributed by atoms with E-state index in [4.69, 9.17) is 0 Å². The molecule has 0 saturated heterocycles. The summed E-state index contributed by atoms with van der Waals surface area (Å²) in [7, 11) is -3.04. The van der Waals surface area contributed by atoms with Crippen molar-refractivity contribution in [1.29, 1.82) is 0 Å². The Bertz CT molecular complexity index is 542. The molecule has 8 heteroatoms. The van der Waals surface area contributed by atoms with Crippen LogP contribution in [0, 0.1) is 0 Å². The summed E-state index contributed by atoms with van der Waals surface area (Å²) in [5.74, 6) is 0.0511. The van der Waals surface area contributed by atoms with E-state index in [0.29, 0.717) is 25.1 Å². The van der Waals surface area contributed by atoms with Crippen LogP contribution >= 0.6 is 0 Å². The Morgan fingerprint density at radius 1 is 1.33 bits per heavy atom. The summed E-state index contributed by atoms with van der Waals surface area (Å²) in [6.07, 6.45) is -1.52. The fourth-order valence-corrected chi connectivity index (χ4v) is 2.62. The topological polar surface area (TPSA) is 59.1 Å². The van der Waals surface area contributed by atoms with E-state index in [1.165, 1.54) is 6.07 Å². The molecule has 21 heavy (non-hydrogen) atoms. The van der Waals surface area contributed by atoms with Gasteiger partial charge in [-0.15, -0.1) is 0 Å². The zero-order chi connectivity index (χ0) is 16.1. The maximum atomic E-state index is 12.5. The van der Waals surface area contributed by atoms with Gasteiger partial charge in [0.2, 0.25) is 0 Å². The predicted octanol–water partition coefficient (Wildman–Crippen LogP) is 2.58. The third kappa shape index (κ3) is 6.43. The van der Waals surface area contributed by atoms with Crippen molar-refractivity contribution >= 4 is 9.84 Å². The summed E-state index contributed by atoms with van der Waals surface area (Å²) >= 11 is 0. The van der Waals surface area contributed by atoms with Gasteiger partial charge in [0.05, 0.1) is 11.3 Å². The smallest absolute Gasteiger partial charge is 0.309 e. The average Bonchev–Trinajstić information content (AvgIpc) is 2.35. The van der Waals surface area contributed by atoms with Crippen molar-refractivity contribution in [1.82, 2.24) is 10.3 Å². The van der Waals surface area contributed by atoms with Gasteiger partial charge in [-0.25, -0.2) is 8.42 Å². The second kappa shape index (κ2) is 7.22. The third-order valence-electron chi connectivity index (χ3n) is 2.93. The molecular weight excluding hydrogens is 305 g/mol. The van der Waals surface area contributed by atoms with E-state index in [1.807, 2.05) is 6.92 Å². The van der Waals surface area contributed by atoms with Gasteiger partial charge in [0.1, 0.15) is 9.84 Å². The average molecular weight is 324 g/mol. The van der Waals surface area contributed by atoms with Crippen molar-refractivity contribution in [2.24, 2.45) is 0 Å². The number of sulfone groups is 1. The Labute approximate surface area is 122 Å². The molecule has 1 N–H and O–H groups in total. The molecular formula is C13H19F3N2O2S. The van der Waals surface area contributed by atoms with Crippen LogP contribution in [0.15, 0.2) is 18.3 Å². The minimum atomic E-state index is -4.41. The maximum absolute atomic E-state index is 12.5. The van der Waals surface area contributed by atoms with Crippen molar-refractivity contribution in [3.8, 4) is 0 Å². The zero-order valence-electron chi connectivity index (χ0n) is 11.9. The van der Waals surface area contributed by atoms with E-state index < -0.39 is 21.6 Å². The highest BCUT2D eigenvalue weighted by Gasteiger charge is 2.30. The van der Waals surface area contributed by atoms with Crippen molar-refractivity contribution in [2.75, 3.05) is 18.6 Å². The summed E-state index contributed by atoms with van der Waals surface area (Å²) < 4.78 is 59.6. The number of hydrogen-bond acceptors (Lipinski definition) is 4. The van der Waals surface area contributed by atoms with Crippen LogP contribution < -0.4 is 5.32 Å². The van der Waals surface area contributed by atoms with Gasteiger partial charge in [-0.05, 0) is 31.5 Å². The van der Waals surface area contributed by atoms with Crippen LogP contribution in [0.5, 0.6) is 0 Å². The summed E-state index contributed by atoms with van der Waals surface area (Å²) in [5.41, 5.74) is -0.309. The van der Waals surface area contributed by atoms with Crippen LogP contribution in [-0.2, 0) is 16.0 Å². The van der Waals surface area contributed by atoms with Crippen molar-refractivity contribution in [2.45, 2.75) is 32.0 Å². The molecule has 0 amide bonds. The van der Waals surface area contributed by atoms with E-state index in [-0.39, 0.29) is 11.8 Å². The molecule has 0 aliphatic rings. The minimum Gasteiger partial charge on any atom is -0.309 e. The van der Waals surface area contributed by atoms with Crippen LogP contribution in [0.3, 0.4) is 0 Å². The van der Waals surface area contributed by atoms with Crippen LogP contribution in [0.2, 0.25) is 0 Å². The van der Waals surface area contributed by atoms with Crippen LogP contribution in [0.4, 0.5) is 13.2 Å². The molecule has 4 nitrogen and oxygen atoms in total. The Balaban J connectivity index is 2.76. The lowest BCUT2D eigenvalue weighted by Gasteiger charge is -2.17. The van der Waals surface area contributed by atoms with Crippen LogP contribution in [0.25, 0.3) is 0 Å². The molecule has 0 aromatic carbocycles. The molecule has 1 aromatic heterocycles. The van der Waals surface area contributed by atoms with Crippen molar-refractivity contribution < 1.29 is 21.6 Å². The molecule has 120 valence electrons. The summed E-state index contributed by atoms with van der Waals surface area (Å²) in [6.45, 7) is 2.49. The highest BCUT2D eigenvalue weighted by atomic mass is 32.2. The fraction of sp³-hybridized carbons (Fsp3) is 0.615. The summed E-state index contributed by atoms with van der Waals surface area (Å²) in [4.78, 5) is 3.85. The first-order chi connectivity index (χ1) is 9.63. The normalized spacial score (nSPS) is 14.1. The number of aromatic nitrogens is 1. The Morgan fingerprint density at radius 2 is 2.00 bits per heavy atom. The van der Waals surface area contributed by atoms with E-state index >= 15 is 0 Å². The van der Waals surface area contributed by atoms with Crippen molar-refractivity contribution in [3.05, 3.63) is 29.6 Å². The Hall–Kier alpha value is -1.15. The third-order valence-corrected chi connectivity index (χ3v) is 3.96.